The number of hydrogen-bond donors (Lipinski definition) is 0. The van der Waals surface area contributed by atoms with E-state index in [9.17, 15) is 0 Å². The van der Waals surface area contributed by atoms with E-state index < -0.39 is 0 Å². The Labute approximate surface area is 98.5 Å². The molecule has 0 fully saturated rings. The molecule has 4 heteroatoms. The summed E-state index contributed by atoms with van der Waals surface area (Å²) in [6.45, 7) is 2.90. The molecule has 1 atom stereocenters. The second-order valence-electron chi connectivity index (χ2n) is 3.14. The molecule has 1 heterocycles. The van der Waals surface area contributed by atoms with Crippen LogP contribution in [0.25, 0.3) is 0 Å². The molecular formula is C10H16INO2. The maximum Gasteiger partial charge on any atom is 0.149 e. The summed E-state index contributed by atoms with van der Waals surface area (Å²) in [5.41, 5.74) is 0. The topological polar surface area (TPSA) is 23.4 Å². The Kier molecular flexibility index (Phi) is 4.74. The minimum absolute atomic E-state index is 0.400. The second kappa shape index (κ2) is 5.60. The number of nitrogens with zero attached hydrogens (tertiary/aromatic N) is 1. The van der Waals surface area contributed by atoms with Crippen molar-refractivity contribution < 1.29 is 9.47 Å². The molecule has 0 radical (unpaired) electrons. The number of rotatable bonds is 5. The first kappa shape index (κ1) is 11.8. The van der Waals surface area contributed by atoms with Crippen LogP contribution in [0.5, 0.6) is 5.75 Å². The summed E-state index contributed by atoms with van der Waals surface area (Å²) < 4.78 is 13.7. The summed E-state index contributed by atoms with van der Waals surface area (Å²) in [7, 11) is 3.42. The third-order valence-corrected chi connectivity index (χ3v) is 3.05. The molecule has 1 aromatic rings. The van der Waals surface area contributed by atoms with E-state index in [-0.39, 0.29) is 0 Å². The first-order valence-electron chi connectivity index (χ1n) is 4.62. The Balaban J connectivity index is 2.82. The van der Waals surface area contributed by atoms with E-state index in [1.165, 1.54) is 0 Å². The maximum atomic E-state index is 5.23. The lowest BCUT2D eigenvalue weighted by atomic mass is 10.2. The molecule has 0 aliphatic heterocycles. The standard InChI is InChI=1S/C10H16INO2/c1-4-8(7-13-2)12-5-9(11)10(6-12)14-3/h5-6,8H,4,7H2,1-3H3. The molecule has 0 amide bonds. The molecule has 0 aliphatic rings. The summed E-state index contributed by atoms with van der Waals surface area (Å²) in [6.07, 6.45) is 5.17. The zero-order chi connectivity index (χ0) is 10.6. The summed E-state index contributed by atoms with van der Waals surface area (Å²) in [4.78, 5) is 0. The van der Waals surface area contributed by atoms with Gasteiger partial charge in [0.1, 0.15) is 5.75 Å². The van der Waals surface area contributed by atoms with Crippen LogP contribution >= 0.6 is 22.6 Å². The minimum atomic E-state index is 0.400. The van der Waals surface area contributed by atoms with Crippen LogP contribution in [0.4, 0.5) is 0 Å². The summed E-state index contributed by atoms with van der Waals surface area (Å²) in [5, 5.41) is 0. The molecular weight excluding hydrogens is 293 g/mol. The van der Waals surface area contributed by atoms with E-state index in [2.05, 4.69) is 40.3 Å². The smallest absolute Gasteiger partial charge is 0.149 e. The van der Waals surface area contributed by atoms with Crippen molar-refractivity contribution in [3.05, 3.63) is 16.0 Å². The van der Waals surface area contributed by atoms with Gasteiger partial charge in [-0.2, -0.15) is 0 Å². The van der Waals surface area contributed by atoms with Gasteiger partial charge in [0.05, 0.1) is 23.3 Å². The lowest BCUT2D eigenvalue weighted by Gasteiger charge is -2.15. The zero-order valence-electron chi connectivity index (χ0n) is 8.79. The Morgan fingerprint density at radius 3 is 2.57 bits per heavy atom. The molecule has 0 saturated carbocycles. The molecule has 0 aromatic carbocycles. The van der Waals surface area contributed by atoms with Crippen molar-refractivity contribution >= 4 is 22.6 Å². The van der Waals surface area contributed by atoms with Crippen LogP contribution in [0.2, 0.25) is 0 Å². The van der Waals surface area contributed by atoms with Gasteiger partial charge in [-0.15, -0.1) is 0 Å². The lowest BCUT2D eigenvalue weighted by molar-refractivity contribution is 0.153. The molecule has 1 aromatic heterocycles. The Hall–Kier alpha value is -0.230. The van der Waals surface area contributed by atoms with Gasteiger partial charge in [-0.3, -0.25) is 0 Å². The highest BCUT2D eigenvalue weighted by molar-refractivity contribution is 14.1. The molecule has 0 aliphatic carbocycles. The first-order chi connectivity index (χ1) is 6.72. The fraction of sp³-hybridized carbons (Fsp3) is 0.600. The Bertz CT molecular complexity index is 286. The van der Waals surface area contributed by atoms with Gasteiger partial charge in [-0.1, -0.05) is 6.92 Å². The van der Waals surface area contributed by atoms with Crippen LogP contribution in [-0.2, 0) is 4.74 Å². The molecule has 0 N–H and O–H groups in total. The van der Waals surface area contributed by atoms with Gasteiger partial charge in [0.2, 0.25) is 0 Å². The van der Waals surface area contributed by atoms with Gasteiger partial charge in [0.25, 0.3) is 0 Å². The molecule has 80 valence electrons. The van der Waals surface area contributed by atoms with Crippen LogP contribution in [0.1, 0.15) is 19.4 Å². The van der Waals surface area contributed by atoms with E-state index in [0.717, 1.165) is 22.3 Å². The third-order valence-electron chi connectivity index (χ3n) is 2.24. The SMILES string of the molecule is CCC(COC)n1cc(I)c(OC)c1. The van der Waals surface area contributed by atoms with Crippen molar-refractivity contribution in [3.63, 3.8) is 0 Å². The van der Waals surface area contributed by atoms with Crippen molar-refractivity contribution in [2.75, 3.05) is 20.8 Å². The van der Waals surface area contributed by atoms with Crippen molar-refractivity contribution in [3.8, 4) is 5.75 Å². The van der Waals surface area contributed by atoms with Crippen molar-refractivity contribution in [1.29, 1.82) is 0 Å². The molecule has 1 rings (SSSR count). The van der Waals surface area contributed by atoms with Gasteiger partial charge < -0.3 is 14.0 Å². The van der Waals surface area contributed by atoms with Gasteiger partial charge in [0.15, 0.2) is 0 Å². The fourth-order valence-corrected chi connectivity index (χ4v) is 2.08. The zero-order valence-corrected chi connectivity index (χ0v) is 10.9. The summed E-state index contributed by atoms with van der Waals surface area (Å²) in [5.74, 6) is 0.931. The number of methoxy groups -OCH3 is 2. The van der Waals surface area contributed by atoms with Gasteiger partial charge in [-0.05, 0) is 29.0 Å². The Morgan fingerprint density at radius 2 is 2.14 bits per heavy atom. The van der Waals surface area contributed by atoms with Crippen LogP contribution in [0.3, 0.4) is 0 Å². The van der Waals surface area contributed by atoms with Crippen LogP contribution in [0.15, 0.2) is 12.4 Å². The van der Waals surface area contributed by atoms with E-state index in [1.807, 2.05) is 6.20 Å². The van der Waals surface area contributed by atoms with Crippen molar-refractivity contribution in [2.45, 2.75) is 19.4 Å². The van der Waals surface area contributed by atoms with Crippen LogP contribution < -0.4 is 4.74 Å². The molecule has 0 saturated heterocycles. The van der Waals surface area contributed by atoms with Crippen molar-refractivity contribution in [1.82, 2.24) is 4.57 Å². The number of hydrogen-bond acceptors (Lipinski definition) is 2. The molecule has 14 heavy (non-hydrogen) atoms. The first-order valence-corrected chi connectivity index (χ1v) is 5.70. The van der Waals surface area contributed by atoms with Crippen molar-refractivity contribution in [2.24, 2.45) is 0 Å². The predicted molar refractivity (Wildman–Crippen MR) is 64.9 cm³/mol. The van der Waals surface area contributed by atoms with E-state index >= 15 is 0 Å². The number of ether oxygens (including phenoxy) is 2. The average molecular weight is 309 g/mol. The molecule has 3 nitrogen and oxygen atoms in total. The molecule has 0 spiro atoms. The molecule has 1 unspecified atom stereocenters. The average Bonchev–Trinajstić information content (AvgIpc) is 2.56. The highest BCUT2D eigenvalue weighted by Gasteiger charge is 2.11. The van der Waals surface area contributed by atoms with E-state index in [4.69, 9.17) is 9.47 Å². The highest BCUT2D eigenvalue weighted by atomic mass is 127. The van der Waals surface area contributed by atoms with Gasteiger partial charge in [0, 0.05) is 19.5 Å². The Morgan fingerprint density at radius 1 is 1.43 bits per heavy atom. The van der Waals surface area contributed by atoms with Gasteiger partial charge in [-0.25, -0.2) is 0 Å². The quantitative estimate of drug-likeness (QED) is 0.781. The van der Waals surface area contributed by atoms with Gasteiger partial charge >= 0.3 is 0 Å². The minimum Gasteiger partial charge on any atom is -0.494 e. The summed E-state index contributed by atoms with van der Waals surface area (Å²) >= 11 is 2.27. The highest BCUT2D eigenvalue weighted by Crippen LogP contribution is 2.25. The number of halogens is 1. The summed E-state index contributed by atoms with van der Waals surface area (Å²) in [6, 6.07) is 0.400. The van der Waals surface area contributed by atoms with Crippen LogP contribution in [-0.4, -0.2) is 25.4 Å². The second-order valence-corrected chi connectivity index (χ2v) is 4.30. The predicted octanol–water partition coefficient (Wildman–Crippen LogP) is 2.70. The fourth-order valence-electron chi connectivity index (χ4n) is 1.40. The van der Waals surface area contributed by atoms with E-state index in [1.54, 1.807) is 14.2 Å². The largest absolute Gasteiger partial charge is 0.494 e. The normalized spacial score (nSPS) is 12.9. The monoisotopic (exact) mass is 309 g/mol. The molecule has 0 bridgehead atoms. The van der Waals surface area contributed by atoms with Crippen LogP contribution in [0, 0.1) is 3.57 Å². The lowest BCUT2D eigenvalue weighted by Crippen LogP contribution is -2.11. The number of aromatic nitrogens is 1. The van der Waals surface area contributed by atoms with E-state index in [0.29, 0.717) is 6.04 Å². The third kappa shape index (κ3) is 2.63. The maximum absolute atomic E-state index is 5.23.